The fraction of sp³-hybridized carbons (Fsp3) is 1.00. The van der Waals surface area contributed by atoms with Crippen LogP contribution in [0, 0.1) is 0 Å². The molecule has 2 unspecified atom stereocenters. The second kappa shape index (κ2) is 3.30. The highest BCUT2D eigenvalue weighted by Crippen LogP contribution is 2.09. The van der Waals surface area contributed by atoms with Crippen LogP contribution in [0.25, 0.3) is 0 Å². The van der Waals surface area contributed by atoms with Gasteiger partial charge in [0.05, 0.1) is 5.60 Å². The van der Waals surface area contributed by atoms with E-state index in [9.17, 15) is 5.11 Å². The van der Waals surface area contributed by atoms with Gasteiger partial charge < -0.3 is 21.7 Å². The summed E-state index contributed by atoms with van der Waals surface area (Å²) in [5.74, 6) is 0. The highest BCUT2D eigenvalue weighted by molar-refractivity contribution is 4.81. The largest absolute Gasteiger partial charge is 0.389 e. The molecule has 0 fully saturated rings. The fourth-order valence-corrected chi connectivity index (χ4v) is 0.549. The van der Waals surface area contributed by atoms with Crippen LogP contribution in [0.5, 0.6) is 0 Å². The molecule has 0 aromatic rings. The molecule has 0 radical (unpaired) electrons. The zero-order chi connectivity index (χ0) is 8.36. The summed E-state index contributed by atoms with van der Waals surface area (Å²) in [5.41, 5.74) is 9.54. The van der Waals surface area contributed by atoms with Crippen molar-refractivity contribution in [1.82, 2.24) is 0 Å². The lowest BCUT2D eigenvalue weighted by atomic mass is 9.96. The Labute approximate surface area is 60.8 Å². The lowest BCUT2D eigenvalue weighted by Gasteiger charge is -2.26. The van der Waals surface area contributed by atoms with E-state index in [-0.39, 0.29) is 6.42 Å². The van der Waals surface area contributed by atoms with Crippen LogP contribution in [-0.4, -0.2) is 28.1 Å². The summed E-state index contributed by atoms with van der Waals surface area (Å²) in [5, 5.41) is 17.9. The fourth-order valence-electron chi connectivity index (χ4n) is 0.549. The predicted octanol–water partition coefficient (Wildman–Crippen LogP) is -1.25. The Morgan fingerprint density at radius 3 is 1.90 bits per heavy atom. The quantitative estimate of drug-likeness (QED) is 0.376. The zero-order valence-corrected chi connectivity index (χ0v) is 6.41. The van der Waals surface area contributed by atoms with Crippen molar-refractivity contribution in [2.45, 2.75) is 38.1 Å². The Morgan fingerprint density at radius 1 is 1.40 bits per heavy atom. The van der Waals surface area contributed by atoms with Gasteiger partial charge in [0.15, 0.2) is 0 Å². The van der Waals surface area contributed by atoms with Crippen LogP contribution in [0.2, 0.25) is 0 Å². The molecule has 0 spiro atoms. The molecule has 10 heavy (non-hydrogen) atoms. The Hall–Kier alpha value is -0.160. The van der Waals surface area contributed by atoms with Crippen LogP contribution in [0.4, 0.5) is 0 Å². The minimum atomic E-state index is -0.972. The molecular weight excluding hydrogens is 132 g/mol. The molecule has 0 aliphatic heterocycles. The summed E-state index contributed by atoms with van der Waals surface area (Å²) in [6.45, 7) is 3.17. The van der Waals surface area contributed by atoms with Crippen molar-refractivity contribution in [2.24, 2.45) is 11.5 Å². The van der Waals surface area contributed by atoms with Gasteiger partial charge >= 0.3 is 0 Å². The molecule has 0 aromatic carbocycles. The van der Waals surface area contributed by atoms with Crippen LogP contribution in [0.15, 0.2) is 0 Å². The van der Waals surface area contributed by atoms with E-state index >= 15 is 0 Å². The summed E-state index contributed by atoms with van der Waals surface area (Å²) >= 11 is 0. The number of nitrogens with two attached hydrogens (primary N) is 2. The smallest absolute Gasteiger partial charge is 0.104 e. The van der Waals surface area contributed by atoms with Crippen molar-refractivity contribution in [3.05, 3.63) is 0 Å². The molecule has 4 heteroatoms. The van der Waals surface area contributed by atoms with Gasteiger partial charge in [0, 0.05) is 12.5 Å². The number of hydrogen-bond acceptors (Lipinski definition) is 4. The average Bonchev–Trinajstić information content (AvgIpc) is 1.60. The molecule has 0 aromatic heterocycles. The molecule has 2 atom stereocenters. The van der Waals surface area contributed by atoms with Gasteiger partial charge in [0.2, 0.25) is 0 Å². The maximum Gasteiger partial charge on any atom is 0.104 e. The lowest BCUT2D eigenvalue weighted by Crippen LogP contribution is -2.46. The first-order valence-corrected chi connectivity index (χ1v) is 3.25. The molecule has 0 amide bonds. The molecule has 0 bridgehead atoms. The molecule has 4 nitrogen and oxygen atoms in total. The van der Waals surface area contributed by atoms with Crippen molar-refractivity contribution < 1.29 is 10.2 Å². The zero-order valence-electron chi connectivity index (χ0n) is 6.41. The number of aliphatic hydroxyl groups excluding tert-OH is 1. The minimum Gasteiger partial charge on any atom is -0.389 e. The topological polar surface area (TPSA) is 92.5 Å². The first-order valence-electron chi connectivity index (χ1n) is 3.25. The highest BCUT2D eigenvalue weighted by Gasteiger charge is 2.23. The van der Waals surface area contributed by atoms with Gasteiger partial charge in [0.1, 0.15) is 6.23 Å². The van der Waals surface area contributed by atoms with Gasteiger partial charge in [-0.25, -0.2) is 0 Å². The highest BCUT2D eigenvalue weighted by atomic mass is 16.3. The molecule has 6 N–H and O–H groups in total. The maximum atomic E-state index is 9.24. The van der Waals surface area contributed by atoms with Gasteiger partial charge in [-0.3, -0.25) is 0 Å². The molecule has 0 aliphatic carbocycles. The van der Waals surface area contributed by atoms with E-state index in [0.29, 0.717) is 0 Å². The van der Waals surface area contributed by atoms with Crippen LogP contribution in [0.1, 0.15) is 20.3 Å². The second-order valence-electron chi connectivity index (χ2n) is 3.06. The second-order valence-corrected chi connectivity index (χ2v) is 3.06. The minimum absolute atomic E-state index is 0.212. The third-order valence-corrected chi connectivity index (χ3v) is 1.40. The molecule has 0 heterocycles. The van der Waals surface area contributed by atoms with Crippen molar-refractivity contribution in [1.29, 1.82) is 0 Å². The molecular formula is C6H16N2O2. The summed E-state index contributed by atoms with van der Waals surface area (Å²) in [6.07, 6.45) is -0.731. The standard InChI is InChI=1S/C6H16N2O2/c1-6(2,10)4(7)3-5(8)9/h4-5,9-10H,3,7-8H2,1-2H3. The van der Waals surface area contributed by atoms with Crippen molar-refractivity contribution in [3.63, 3.8) is 0 Å². The van der Waals surface area contributed by atoms with Gasteiger partial charge in [-0.1, -0.05) is 0 Å². The number of hydrogen-bond donors (Lipinski definition) is 4. The van der Waals surface area contributed by atoms with E-state index in [1.54, 1.807) is 13.8 Å². The molecule has 0 saturated carbocycles. The maximum absolute atomic E-state index is 9.24. The van der Waals surface area contributed by atoms with Crippen LogP contribution in [0.3, 0.4) is 0 Å². The van der Waals surface area contributed by atoms with E-state index < -0.39 is 17.9 Å². The molecule has 0 saturated heterocycles. The van der Waals surface area contributed by atoms with Gasteiger partial charge in [-0.2, -0.15) is 0 Å². The van der Waals surface area contributed by atoms with Crippen molar-refractivity contribution in [2.75, 3.05) is 0 Å². The summed E-state index contributed by atoms with van der Waals surface area (Å²) in [4.78, 5) is 0. The average molecular weight is 148 g/mol. The van der Waals surface area contributed by atoms with Gasteiger partial charge in [-0.05, 0) is 13.8 Å². The Morgan fingerprint density at radius 2 is 1.80 bits per heavy atom. The Kier molecular flexibility index (Phi) is 3.24. The third-order valence-electron chi connectivity index (χ3n) is 1.40. The number of aliphatic hydroxyl groups is 2. The third kappa shape index (κ3) is 3.79. The molecule has 62 valence electrons. The van der Waals surface area contributed by atoms with Crippen molar-refractivity contribution >= 4 is 0 Å². The van der Waals surface area contributed by atoms with E-state index in [1.807, 2.05) is 0 Å². The molecule has 0 aliphatic rings. The predicted molar refractivity (Wildman–Crippen MR) is 39.1 cm³/mol. The van der Waals surface area contributed by atoms with E-state index in [2.05, 4.69) is 0 Å². The van der Waals surface area contributed by atoms with Crippen LogP contribution in [-0.2, 0) is 0 Å². The monoisotopic (exact) mass is 148 g/mol. The summed E-state index contributed by atoms with van der Waals surface area (Å²) in [7, 11) is 0. The van der Waals surface area contributed by atoms with E-state index in [0.717, 1.165) is 0 Å². The number of rotatable bonds is 3. The Balaban J connectivity index is 3.73. The normalized spacial score (nSPS) is 18.6. The van der Waals surface area contributed by atoms with Crippen LogP contribution >= 0.6 is 0 Å². The van der Waals surface area contributed by atoms with E-state index in [1.165, 1.54) is 0 Å². The summed E-state index contributed by atoms with van der Waals surface area (Å²) in [6, 6.07) is -0.479. The van der Waals surface area contributed by atoms with E-state index in [4.69, 9.17) is 16.6 Å². The molecule has 0 rings (SSSR count). The van der Waals surface area contributed by atoms with Crippen LogP contribution < -0.4 is 11.5 Å². The van der Waals surface area contributed by atoms with Gasteiger partial charge in [-0.15, -0.1) is 0 Å². The lowest BCUT2D eigenvalue weighted by molar-refractivity contribution is 0.0299. The van der Waals surface area contributed by atoms with Gasteiger partial charge in [0.25, 0.3) is 0 Å². The Bertz CT molecular complexity index is 98.4. The first kappa shape index (κ1) is 9.84. The van der Waals surface area contributed by atoms with Crippen molar-refractivity contribution in [3.8, 4) is 0 Å². The first-order chi connectivity index (χ1) is 4.34. The SMILES string of the molecule is CC(C)(O)C(N)CC(N)O. The summed E-state index contributed by atoms with van der Waals surface area (Å²) < 4.78 is 0.